The van der Waals surface area contributed by atoms with Crippen LogP contribution < -0.4 is 10.6 Å². The van der Waals surface area contributed by atoms with Crippen molar-refractivity contribution in [1.29, 1.82) is 0 Å². The zero-order valence-corrected chi connectivity index (χ0v) is 17.8. The van der Waals surface area contributed by atoms with Crippen molar-refractivity contribution < 1.29 is 9.21 Å². The van der Waals surface area contributed by atoms with E-state index < -0.39 is 0 Å². The van der Waals surface area contributed by atoms with Crippen LogP contribution in [0.2, 0.25) is 0 Å². The Morgan fingerprint density at radius 1 is 0.967 bits per heavy atom. The second kappa shape index (κ2) is 8.08. The molecular weight excluding hydrogens is 394 g/mol. The van der Waals surface area contributed by atoms with Gasteiger partial charge in [0.2, 0.25) is 5.89 Å². The summed E-state index contributed by atoms with van der Waals surface area (Å²) in [6.07, 6.45) is 0. The van der Waals surface area contributed by atoms with Crippen molar-refractivity contribution >= 4 is 40.0 Å². The van der Waals surface area contributed by atoms with E-state index in [1.807, 2.05) is 63.2 Å². The molecule has 0 radical (unpaired) electrons. The van der Waals surface area contributed by atoms with E-state index in [2.05, 4.69) is 21.7 Å². The predicted molar refractivity (Wildman–Crippen MR) is 124 cm³/mol. The predicted octanol–water partition coefficient (Wildman–Crippen LogP) is 5.55. The lowest BCUT2D eigenvalue weighted by atomic mass is 10.1. The van der Waals surface area contributed by atoms with E-state index in [0.29, 0.717) is 11.5 Å². The molecule has 0 aliphatic heterocycles. The molecule has 0 atom stereocenters. The van der Waals surface area contributed by atoms with Crippen LogP contribution in [0.1, 0.15) is 27.0 Å². The standard InChI is InChI=1S/C24H21N3O2S/c1-14-11-16(3)21-20(12-14)25-23(29-21)18-10-9-15(2)19(13-18)26-24(30)27-22(28)17-7-5-4-6-8-17/h4-13H,1-3H3,(H2,26,27,28,30). The molecule has 150 valence electrons. The summed E-state index contributed by atoms with van der Waals surface area (Å²) in [5.74, 6) is 0.285. The Bertz CT molecular complexity index is 1260. The van der Waals surface area contributed by atoms with E-state index in [4.69, 9.17) is 16.6 Å². The molecule has 0 saturated carbocycles. The first-order valence-corrected chi connectivity index (χ1v) is 9.98. The first-order chi connectivity index (χ1) is 14.4. The minimum Gasteiger partial charge on any atom is -0.436 e. The number of carbonyl (C=O) groups is 1. The number of carbonyl (C=O) groups excluding carboxylic acids is 1. The number of nitrogens with zero attached hydrogens (tertiary/aromatic N) is 1. The monoisotopic (exact) mass is 415 g/mol. The molecule has 4 rings (SSSR count). The van der Waals surface area contributed by atoms with Gasteiger partial charge in [-0.3, -0.25) is 10.1 Å². The summed E-state index contributed by atoms with van der Waals surface area (Å²) in [5.41, 5.74) is 6.96. The topological polar surface area (TPSA) is 67.2 Å². The van der Waals surface area contributed by atoms with Crippen molar-refractivity contribution in [1.82, 2.24) is 10.3 Å². The van der Waals surface area contributed by atoms with Crippen LogP contribution in [0.15, 0.2) is 65.1 Å². The van der Waals surface area contributed by atoms with Crippen molar-refractivity contribution in [2.24, 2.45) is 0 Å². The van der Waals surface area contributed by atoms with Gasteiger partial charge in [-0.25, -0.2) is 4.98 Å². The number of aryl methyl sites for hydroxylation is 3. The molecule has 0 bridgehead atoms. The Morgan fingerprint density at radius 2 is 1.73 bits per heavy atom. The molecule has 0 unspecified atom stereocenters. The number of benzene rings is 3. The van der Waals surface area contributed by atoms with Crippen molar-refractivity contribution in [2.75, 3.05) is 5.32 Å². The summed E-state index contributed by atoms with van der Waals surface area (Å²) >= 11 is 5.33. The molecule has 3 aromatic carbocycles. The highest BCUT2D eigenvalue weighted by molar-refractivity contribution is 7.80. The van der Waals surface area contributed by atoms with Gasteiger partial charge in [-0.05, 0) is 80.0 Å². The molecule has 0 aliphatic carbocycles. The Hall–Kier alpha value is -3.51. The largest absolute Gasteiger partial charge is 0.436 e. The first-order valence-electron chi connectivity index (χ1n) is 9.57. The second-order valence-corrected chi connectivity index (χ2v) is 7.66. The lowest BCUT2D eigenvalue weighted by molar-refractivity contribution is 0.0977. The van der Waals surface area contributed by atoms with Gasteiger partial charge >= 0.3 is 0 Å². The normalized spacial score (nSPS) is 10.8. The number of aromatic nitrogens is 1. The number of hydrogen-bond acceptors (Lipinski definition) is 4. The van der Waals surface area contributed by atoms with Gasteiger partial charge in [0.25, 0.3) is 5.91 Å². The highest BCUT2D eigenvalue weighted by Gasteiger charge is 2.13. The first kappa shape index (κ1) is 19.8. The molecule has 1 heterocycles. The van der Waals surface area contributed by atoms with Crippen LogP contribution in [0.4, 0.5) is 5.69 Å². The third kappa shape index (κ3) is 4.09. The molecule has 30 heavy (non-hydrogen) atoms. The minimum atomic E-state index is -0.258. The van der Waals surface area contributed by atoms with E-state index in [9.17, 15) is 4.79 Å². The SMILES string of the molecule is Cc1cc(C)c2oc(-c3ccc(C)c(NC(=S)NC(=O)c4ccccc4)c3)nc2c1. The maximum absolute atomic E-state index is 12.3. The number of hydrogen-bond donors (Lipinski definition) is 2. The smallest absolute Gasteiger partial charge is 0.257 e. The Kier molecular flexibility index (Phi) is 5.33. The fourth-order valence-electron chi connectivity index (χ4n) is 3.31. The number of amides is 1. The molecule has 0 fully saturated rings. The molecular formula is C24H21N3O2S. The number of oxazole rings is 1. The lowest BCUT2D eigenvalue weighted by Gasteiger charge is -2.12. The van der Waals surface area contributed by atoms with E-state index in [-0.39, 0.29) is 11.0 Å². The summed E-state index contributed by atoms with van der Waals surface area (Å²) in [6.45, 7) is 6.02. The average molecular weight is 416 g/mol. The average Bonchev–Trinajstić information content (AvgIpc) is 3.14. The quantitative estimate of drug-likeness (QED) is 0.430. The highest BCUT2D eigenvalue weighted by atomic mass is 32.1. The number of rotatable bonds is 3. The summed E-state index contributed by atoms with van der Waals surface area (Å²) in [5, 5.41) is 6.04. The van der Waals surface area contributed by atoms with E-state index in [1.54, 1.807) is 12.1 Å². The lowest BCUT2D eigenvalue weighted by Crippen LogP contribution is -2.34. The molecule has 4 aromatic rings. The van der Waals surface area contributed by atoms with E-state index in [1.165, 1.54) is 0 Å². The van der Waals surface area contributed by atoms with Crippen LogP contribution in [0.5, 0.6) is 0 Å². The van der Waals surface area contributed by atoms with Crippen LogP contribution in [-0.2, 0) is 0 Å². The van der Waals surface area contributed by atoms with Crippen molar-refractivity contribution in [2.45, 2.75) is 20.8 Å². The van der Waals surface area contributed by atoms with Gasteiger partial charge in [0, 0.05) is 16.8 Å². The summed E-state index contributed by atoms with van der Waals surface area (Å²) < 4.78 is 6.02. The van der Waals surface area contributed by atoms with Crippen molar-refractivity contribution in [3.63, 3.8) is 0 Å². The van der Waals surface area contributed by atoms with E-state index in [0.717, 1.165) is 39.0 Å². The molecule has 5 nitrogen and oxygen atoms in total. The Labute approximate surface area is 180 Å². The van der Waals surface area contributed by atoms with Crippen LogP contribution in [0.25, 0.3) is 22.6 Å². The summed E-state index contributed by atoms with van der Waals surface area (Å²) in [6, 6.07) is 18.9. The maximum Gasteiger partial charge on any atom is 0.257 e. The summed E-state index contributed by atoms with van der Waals surface area (Å²) in [7, 11) is 0. The Balaban J connectivity index is 1.57. The van der Waals surface area contributed by atoms with Crippen LogP contribution in [0, 0.1) is 20.8 Å². The van der Waals surface area contributed by atoms with Gasteiger partial charge in [0.15, 0.2) is 10.7 Å². The van der Waals surface area contributed by atoms with Crippen LogP contribution >= 0.6 is 12.2 Å². The van der Waals surface area contributed by atoms with Gasteiger partial charge in [0.05, 0.1) is 0 Å². The van der Waals surface area contributed by atoms with Gasteiger partial charge in [-0.15, -0.1) is 0 Å². The Morgan fingerprint density at radius 3 is 2.50 bits per heavy atom. The van der Waals surface area contributed by atoms with Gasteiger partial charge in [-0.2, -0.15) is 0 Å². The van der Waals surface area contributed by atoms with Crippen molar-refractivity contribution in [3.05, 3.63) is 82.9 Å². The molecule has 1 aromatic heterocycles. The molecule has 0 aliphatic rings. The fourth-order valence-corrected chi connectivity index (χ4v) is 3.51. The number of nitrogens with one attached hydrogen (secondary N) is 2. The number of anilines is 1. The fraction of sp³-hybridized carbons (Fsp3) is 0.125. The zero-order valence-electron chi connectivity index (χ0n) is 16.9. The maximum atomic E-state index is 12.3. The molecule has 6 heteroatoms. The molecule has 0 spiro atoms. The molecule has 2 N–H and O–H groups in total. The van der Waals surface area contributed by atoms with Crippen LogP contribution in [0.3, 0.4) is 0 Å². The zero-order chi connectivity index (χ0) is 21.3. The van der Waals surface area contributed by atoms with E-state index >= 15 is 0 Å². The summed E-state index contributed by atoms with van der Waals surface area (Å²) in [4.78, 5) is 17.0. The number of thiocarbonyl (C=S) groups is 1. The third-order valence-corrected chi connectivity index (χ3v) is 5.02. The van der Waals surface area contributed by atoms with Gasteiger partial charge < -0.3 is 9.73 Å². The van der Waals surface area contributed by atoms with Crippen molar-refractivity contribution in [3.8, 4) is 11.5 Å². The van der Waals surface area contributed by atoms with Crippen LogP contribution in [-0.4, -0.2) is 16.0 Å². The molecule has 0 saturated heterocycles. The van der Waals surface area contributed by atoms with Gasteiger partial charge in [-0.1, -0.05) is 30.3 Å². The highest BCUT2D eigenvalue weighted by Crippen LogP contribution is 2.30. The molecule has 1 amide bonds. The second-order valence-electron chi connectivity index (χ2n) is 7.25. The number of fused-ring (bicyclic) bond motifs is 1. The third-order valence-electron chi connectivity index (χ3n) is 4.82. The van der Waals surface area contributed by atoms with Gasteiger partial charge in [0.1, 0.15) is 5.52 Å². The minimum absolute atomic E-state index is 0.230.